The van der Waals surface area contributed by atoms with Gasteiger partial charge in [0.25, 0.3) is 0 Å². The fourth-order valence-corrected chi connectivity index (χ4v) is 3.25. The van der Waals surface area contributed by atoms with Gasteiger partial charge in [-0.3, -0.25) is 0 Å². The summed E-state index contributed by atoms with van der Waals surface area (Å²) in [6.07, 6.45) is 2.36. The third kappa shape index (κ3) is 4.04. The Hall–Kier alpha value is -0.940. The lowest BCUT2D eigenvalue weighted by atomic mass is 9.90. The van der Waals surface area contributed by atoms with Gasteiger partial charge in [0.2, 0.25) is 0 Å². The fraction of sp³-hybridized carbons (Fsp3) is 0.647. The summed E-state index contributed by atoms with van der Waals surface area (Å²) in [6.45, 7) is 6.33. The van der Waals surface area contributed by atoms with Crippen LogP contribution in [0, 0.1) is 0 Å². The van der Waals surface area contributed by atoms with Crippen molar-refractivity contribution in [3.8, 4) is 0 Å². The normalized spacial score (nSPS) is 20.6. The molecule has 0 bridgehead atoms. The number of hydrogen-bond donors (Lipinski definition) is 2. The van der Waals surface area contributed by atoms with Crippen molar-refractivity contribution in [3.05, 3.63) is 35.9 Å². The zero-order chi connectivity index (χ0) is 15.3. The first kappa shape index (κ1) is 16.4. The molecule has 1 saturated heterocycles. The number of aliphatic hydroxyl groups is 1. The minimum atomic E-state index is -0.683. The van der Waals surface area contributed by atoms with E-state index in [4.69, 9.17) is 5.73 Å². The predicted molar refractivity (Wildman–Crippen MR) is 87.2 cm³/mol. The number of nitrogens with two attached hydrogens (primary N) is 1. The Kier molecular flexibility index (Phi) is 5.76. The maximum absolute atomic E-state index is 9.81. The van der Waals surface area contributed by atoms with Gasteiger partial charge in [0, 0.05) is 12.6 Å². The smallest absolute Gasteiger partial charge is 0.0772 e. The molecule has 0 amide bonds. The number of rotatable bonds is 6. The van der Waals surface area contributed by atoms with Crippen molar-refractivity contribution in [3.63, 3.8) is 0 Å². The largest absolute Gasteiger partial charge is 0.394 e. The summed E-state index contributed by atoms with van der Waals surface area (Å²) in [5.74, 6) is 0. The van der Waals surface area contributed by atoms with Crippen LogP contribution in [0.15, 0.2) is 30.3 Å². The zero-order valence-electron chi connectivity index (χ0n) is 13.3. The summed E-state index contributed by atoms with van der Waals surface area (Å²) >= 11 is 0. The molecule has 0 saturated carbocycles. The van der Waals surface area contributed by atoms with Gasteiger partial charge in [-0.1, -0.05) is 37.3 Å². The molecule has 21 heavy (non-hydrogen) atoms. The van der Waals surface area contributed by atoms with Crippen molar-refractivity contribution in [2.45, 2.75) is 31.3 Å². The zero-order valence-corrected chi connectivity index (χ0v) is 13.3. The van der Waals surface area contributed by atoms with Crippen molar-refractivity contribution >= 4 is 0 Å². The van der Waals surface area contributed by atoms with Crippen LogP contribution in [0.4, 0.5) is 0 Å². The molecule has 1 aromatic rings. The molecule has 1 aromatic carbocycles. The second kappa shape index (κ2) is 7.36. The van der Waals surface area contributed by atoms with Crippen LogP contribution in [0.25, 0.3) is 0 Å². The molecule has 0 aromatic heterocycles. The van der Waals surface area contributed by atoms with Crippen LogP contribution in [-0.4, -0.2) is 60.8 Å². The monoisotopic (exact) mass is 291 g/mol. The van der Waals surface area contributed by atoms with E-state index in [2.05, 4.69) is 23.8 Å². The highest BCUT2D eigenvalue weighted by Crippen LogP contribution is 2.22. The van der Waals surface area contributed by atoms with E-state index >= 15 is 0 Å². The van der Waals surface area contributed by atoms with Crippen molar-refractivity contribution in [2.75, 3.05) is 39.8 Å². The van der Waals surface area contributed by atoms with E-state index < -0.39 is 5.54 Å². The first-order valence-electron chi connectivity index (χ1n) is 7.97. The lowest BCUT2D eigenvalue weighted by Crippen LogP contribution is -2.53. The molecule has 118 valence electrons. The van der Waals surface area contributed by atoms with Crippen molar-refractivity contribution in [2.24, 2.45) is 5.73 Å². The van der Waals surface area contributed by atoms with Gasteiger partial charge in [0.05, 0.1) is 12.1 Å². The first-order valence-corrected chi connectivity index (χ1v) is 7.97. The molecule has 3 N–H and O–H groups in total. The van der Waals surface area contributed by atoms with Crippen LogP contribution in [0.1, 0.15) is 25.3 Å². The van der Waals surface area contributed by atoms with Crippen LogP contribution >= 0.6 is 0 Å². The molecule has 1 aliphatic heterocycles. The van der Waals surface area contributed by atoms with Gasteiger partial charge < -0.3 is 20.6 Å². The quantitative estimate of drug-likeness (QED) is 0.828. The van der Waals surface area contributed by atoms with Crippen LogP contribution in [0.5, 0.6) is 0 Å². The molecule has 1 heterocycles. The van der Waals surface area contributed by atoms with Crippen molar-refractivity contribution in [1.82, 2.24) is 9.80 Å². The SMILES string of the molecule is CCN1CCC(N(C)CC(N)(CO)c2ccccc2)CC1. The van der Waals surface area contributed by atoms with Gasteiger partial charge in [0.1, 0.15) is 0 Å². The van der Waals surface area contributed by atoms with E-state index in [9.17, 15) is 5.11 Å². The third-order valence-corrected chi connectivity index (χ3v) is 4.79. The molecule has 1 fully saturated rings. The minimum Gasteiger partial charge on any atom is -0.394 e. The Morgan fingerprint density at radius 3 is 2.43 bits per heavy atom. The number of likely N-dealkylation sites (tertiary alicyclic amines) is 1. The summed E-state index contributed by atoms with van der Waals surface area (Å²) in [5, 5.41) is 9.81. The average Bonchev–Trinajstić information content (AvgIpc) is 2.55. The standard InChI is InChI=1S/C17H29N3O/c1-3-20-11-9-16(10-12-20)19(2)13-17(18,14-21)15-7-5-4-6-8-15/h4-8,16,21H,3,9-14,18H2,1-2H3. The molecule has 0 aliphatic carbocycles. The van der Waals surface area contributed by atoms with Crippen molar-refractivity contribution < 1.29 is 5.11 Å². The van der Waals surface area contributed by atoms with E-state index in [0.717, 1.165) is 25.2 Å². The van der Waals surface area contributed by atoms with E-state index in [1.807, 2.05) is 30.3 Å². The number of piperidine rings is 1. The Labute approximate surface area is 128 Å². The lowest BCUT2D eigenvalue weighted by molar-refractivity contribution is 0.0888. The van der Waals surface area contributed by atoms with E-state index in [1.54, 1.807) is 0 Å². The molecular weight excluding hydrogens is 262 g/mol. The maximum Gasteiger partial charge on any atom is 0.0772 e. The molecule has 4 nitrogen and oxygen atoms in total. The summed E-state index contributed by atoms with van der Waals surface area (Å²) in [5.41, 5.74) is 6.80. The van der Waals surface area contributed by atoms with E-state index in [-0.39, 0.29) is 6.61 Å². The molecule has 4 heteroatoms. The summed E-state index contributed by atoms with van der Waals surface area (Å²) < 4.78 is 0. The molecule has 2 rings (SSSR count). The lowest BCUT2D eigenvalue weighted by Gasteiger charge is -2.40. The molecule has 0 spiro atoms. The van der Waals surface area contributed by atoms with Crippen LogP contribution in [0.3, 0.4) is 0 Å². The van der Waals surface area contributed by atoms with Gasteiger partial charge in [-0.25, -0.2) is 0 Å². The van der Waals surface area contributed by atoms with E-state index in [0.29, 0.717) is 12.6 Å². The molecular formula is C17H29N3O. The summed E-state index contributed by atoms with van der Waals surface area (Å²) in [6, 6.07) is 10.5. The highest BCUT2D eigenvalue weighted by molar-refractivity contribution is 5.24. The predicted octanol–water partition coefficient (Wildman–Crippen LogP) is 1.25. The first-order chi connectivity index (χ1) is 10.1. The number of benzene rings is 1. The highest BCUT2D eigenvalue weighted by Gasteiger charge is 2.31. The highest BCUT2D eigenvalue weighted by atomic mass is 16.3. The van der Waals surface area contributed by atoms with Gasteiger partial charge in [-0.05, 0) is 45.1 Å². The third-order valence-electron chi connectivity index (χ3n) is 4.79. The van der Waals surface area contributed by atoms with Crippen LogP contribution in [-0.2, 0) is 5.54 Å². The molecule has 1 unspecified atom stereocenters. The maximum atomic E-state index is 9.81. The van der Waals surface area contributed by atoms with Gasteiger partial charge >= 0.3 is 0 Å². The summed E-state index contributed by atoms with van der Waals surface area (Å²) in [7, 11) is 2.13. The van der Waals surface area contributed by atoms with Gasteiger partial charge in [0.15, 0.2) is 0 Å². The van der Waals surface area contributed by atoms with Crippen LogP contribution < -0.4 is 5.73 Å². The number of hydrogen-bond acceptors (Lipinski definition) is 4. The Morgan fingerprint density at radius 1 is 1.29 bits per heavy atom. The molecule has 0 radical (unpaired) electrons. The number of aliphatic hydroxyl groups excluding tert-OH is 1. The minimum absolute atomic E-state index is 0.0326. The second-order valence-corrected chi connectivity index (χ2v) is 6.26. The Bertz CT molecular complexity index is 417. The average molecular weight is 291 g/mol. The van der Waals surface area contributed by atoms with Gasteiger partial charge in [-0.2, -0.15) is 0 Å². The Balaban J connectivity index is 1.98. The van der Waals surface area contributed by atoms with Crippen LogP contribution in [0.2, 0.25) is 0 Å². The fourth-order valence-electron chi connectivity index (χ4n) is 3.25. The van der Waals surface area contributed by atoms with E-state index in [1.165, 1.54) is 12.8 Å². The second-order valence-electron chi connectivity index (χ2n) is 6.26. The van der Waals surface area contributed by atoms with Crippen molar-refractivity contribution in [1.29, 1.82) is 0 Å². The topological polar surface area (TPSA) is 52.7 Å². The Morgan fingerprint density at radius 2 is 1.90 bits per heavy atom. The summed E-state index contributed by atoms with van der Waals surface area (Å²) in [4.78, 5) is 4.82. The number of likely N-dealkylation sites (N-methyl/N-ethyl adjacent to an activating group) is 1. The molecule has 1 aliphatic rings. The molecule has 1 atom stereocenters. The van der Waals surface area contributed by atoms with Gasteiger partial charge in [-0.15, -0.1) is 0 Å². The number of nitrogens with zero attached hydrogens (tertiary/aromatic N) is 2.